The molecule has 1 heterocycles. The summed E-state index contributed by atoms with van der Waals surface area (Å²) < 4.78 is 16.1. The Labute approximate surface area is 253 Å². The van der Waals surface area contributed by atoms with Gasteiger partial charge in [0.1, 0.15) is 24.3 Å². The number of aromatic nitrogens is 1. The van der Waals surface area contributed by atoms with Crippen LogP contribution in [0.25, 0.3) is 0 Å². The lowest BCUT2D eigenvalue weighted by molar-refractivity contribution is 0.0600. The number of amides is 1. The highest BCUT2D eigenvalue weighted by Gasteiger charge is 2.33. The SMILES string of the molecule is CCCN(C(=O)c1ccc(OCc2conc2C(C)(C)c2c(Cl)cccc2Cl)cc1Cl)c1cccc(C(=O)OC)c1. The molecular formula is C31H29Cl3N2O5. The number of nitrogens with zero attached hydrogens (tertiary/aromatic N) is 2. The van der Waals surface area contributed by atoms with Gasteiger partial charge in [-0.2, -0.15) is 0 Å². The molecule has 0 fully saturated rings. The van der Waals surface area contributed by atoms with Crippen molar-refractivity contribution >= 4 is 52.4 Å². The molecule has 41 heavy (non-hydrogen) atoms. The molecule has 0 saturated carbocycles. The van der Waals surface area contributed by atoms with Crippen LogP contribution in [0.5, 0.6) is 5.75 Å². The lowest BCUT2D eigenvalue weighted by atomic mass is 9.80. The molecule has 0 saturated heterocycles. The second-order valence-corrected chi connectivity index (χ2v) is 11.1. The van der Waals surface area contributed by atoms with Crippen molar-refractivity contribution in [1.29, 1.82) is 0 Å². The van der Waals surface area contributed by atoms with E-state index in [9.17, 15) is 9.59 Å². The van der Waals surface area contributed by atoms with E-state index in [4.69, 9.17) is 48.8 Å². The van der Waals surface area contributed by atoms with Gasteiger partial charge in [-0.15, -0.1) is 0 Å². The van der Waals surface area contributed by atoms with Crippen LogP contribution in [0, 0.1) is 0 Å². The molecule has 214 valence electrons. The van der Waals surface area contributed by atoms with E-state index in [0.717, 1.165) is 5.56 Å². The first-order chi connectivity index (χ1) is 19.6. The van der Waals surface area contributed by atoms with Gasteiger partial charge in [0.2, 0.25) is 0 Å². The predicted molar refractivity (Wildman–Crippen MR) is 161 cm³/mol. The van der Waals surface area contributed by atoms with Crippen molar-refractivity contribution in [1.82, 2.24) is 5.16 Å². The highest BCUT2D eigenvalue weighted by molar-refractivity contribution is 6.36. The maximum absolute atomic E-state index is 13.5. The van der Waals surface area contributed by atoms with E-state index in [0.29, 0.717) is 56.8 Å². The molecule has 0 spiro atoms. The largest absolute Gasteiger partial charge is 0.489 e. The van der Waals surface area contributed by atoms with Gasteiger partial charge < -0.3 is 18.9 Å². The second-order valence-electron chi connectivity index (χ2n) is 9.84. The van der Waals surface area contributed by atoms with Crippen molar-refractivity contribution in [3.8, 4) is 5.75 Å². The number of carbonyl (C=O) groups is 2. The van der Waals surface area contributed by atoms with Crippen molar-refractivity contribution < 1.29 is 23.6 Å². The molecular weight excluding hydrogens is 587 g/mol. The summed E-state index contributed by atoms with van der Waals surface area (Å²) in [5, 5.41) is 5.51. The van der Waals surface area contributed by atoms with Crippen LogP contribution >= 0.6 is 34.8 Å². The first-order valence-electron chi connectivity index (χ1n) is 12.9. The lowest BCUT2D eigenvalue weighted by Crippen LogP contribution is -2.32. The second kappa shape index (κ2) is 13.0. The van der Waals surface area contributed by atoms with Gasteiger partial charge in [0.05, 0.1) is 28.8 Å². The zero-order valence-corrected chi connectivity index (χ0v) is 25.3. The van der Waals surface area contributed by atoms with E-state index in [1.807, 2.05) is 20.8 Å². The fourth-order valence-electron chi connectivity index (χ4n) is 4.64. The summed E-state index contributed by atoms with van der Waals surface area (Å²) >= 11 is 19.5. The number of benzene rings is 3. The normalized spacial score (nSPS) is 11.3. The first kappa shape index (κ1) is 30.4. The molecule has 0 unspecified atom stereocenters. The molecule has 0 atom stereocenters. The van der Waals surface area contributed by atoms with E-state index in [2.05, 4.69) is 5.16 Å². The molecule has 7 nitrogen and oxygen atoms in total. The molecule has 4 aromatic rings. The summed E-state index contributed by atoms with van der Waals surface area (Å²) in [6.45, 7) is 6.45. The average Bonchev–Trinajstić information content (AvgIpc) is 3.44. The van der Waals surface area contributed by atoms with Gasteiger partial charge in [-0.25, -0.2) is 4.79 Å². The average molecular weight is 616 g/mol. The Hall–Kier alpha value is -3.52. The van der Waals surface area contributed by atoms with Crippen LogP contribution in [0.15, 0.2) is 71.4 Å². The number of hydrogen-bond acceptors (Lipinski definition) is 6. The van der Waals surface area contributed by atoms with Gasteiger partial charge in [0, 0.05) is 33.3 Å². The molecule has 10 heteroatoms. The zero-order valence-electron chi connectivity index (χ0n) is 23.0. The molecule has 4 rings (SSSR count). The number of halogens is 3. The van der Waals surface area contributed by atoms with E-state index in [1.54, 1.807) is 65.6 Å². The van der Waals surface area contributed by atoms with Crippen LogP contribution < -0.4 is 9.64 Å². The third-order valence-electron chi connectivity index (χ3n) is 6.66. The van der Waals surface area contributed by atoms with Gasteiger partial charge in [-0.3, -0.25) is 4.79 Å². The first-order valence-corrected chi connectivity index (χ1v) is 14.0. The van der Waals surface area contributed by atoms with Gasteiger partial charge in [-0.1, -0.05) is 59.0 Å². The smallest absolute Gasteiger partial charge is 0.337 e. The number of anilines is 1. The molecule has 0 aliphatic heterocycles. The Morgan fingerprint density at radius 2 is 1.68 bits per heavy atom. The van der Waals surface area contributed by atoms with Crippen molar-refractivity contribution in [3.05, 3.63) is 110 Å². The van der Waals surface area contributed by atoms with Gasteiger partial charge in [-0.05, 0) is 68.8 Å². The zero-order chi connectivity index (χ0) is 29.7. The standard InChI is InChI=1S/C31H29Cl3N2O5/c1-5-14-36(21-9-6-8-19(15-21)30(38)39-4)29(37)23-13-12-22(16-26(23)34)40-17-20-18-41-35-28(20)31(2,3)27-24(32)10-7-11-25(27)33/h6-13,15-16,18H,5,14,17H2,1-4H3. The number of esters is 1. The monoisotopic (exact) mass is 614 g/mol. The van der Waals surface area contributed by atoms with Gasteiger partial charge >= 0.3 is 5.97 Å². The topological polar surface area (TPSA) is 81.9 Å². The predicted octanol–water partition coefficient (Wildman–Crippen LogP) is 8.38. The van der Waals surface area contributed by atoms with Crippen LogP contribution in [-0.4, -0.2) is 30.7 Å². The van der Waals surface area contributed by atoms with Crippen molar-refractivity contribution in [2.45, 2.75) is 39.2 Å². The van der Waals surface area contributed by atoms with Gasteiger partial charge in [0.25, 0.3) is 5.91 Å². The quantitative estimate of drug-likeness (QED) is 0.167. The lowest BCUT2D eigenvalue weighted by Gasteiger charge is -2.26. The summed E-state index contributed by atoms with van der Waals surface area (Å²) in [5.41, 5.74) is 2.63. The maximum atomic E-state index is 13.5. The molecule has 0 bridgehead atoms. The Morgan fingerprint density at radius 3 is 2.34 bits per heavy atom. The highest BCUT2D eigenvalue weighted by atomic mass is 35.5. The van der Waals surface area contributed by atoms with Crippen LogP contribution in [0.3, 0.4) is 0 Å². The fraction of sp³-hybridized carbons (Fsp3) is 0.258. The van der Waals surface area contributed by atoms with E-state index < -0.39 is 11.4 Å². The van der Waals surface area contributed by atoms with Gasteiger partial charge in [0.15, 0.2) is 0 Å². The maximum Gasteiger partial charge on any atom is 0.337 e. The Morgan fingerprint density at radius 1 is 0.976 bits per heavy atom. The van der Waals surface area contributed by atoms with Crippen molar-refractivity contribution in [2.24, 2.45) is 0 Å². The molecule has 0 aliphatic carbocycles. The third kappa shape index (κ3) is 6.53. The molecule has 0 N–H and O–H groups in total. The number of ether oxygens (including phenoxy) is 2. The number of hydrogen-bond donors (Lipinski definition) is 0. The van der Waals surface area contributed by atoms with Crippen molar-refractivity contribution in [2.75, 3.05) is 18.6 Å². The summed E-state index contributed by atoms with van der Waals surface area (Å²) in [4.78, 5) is 27.2. The summed E-state index contributed by atoms with van der Waals surface area (Å²) in [5.74, 6) is -0.322. The molecule has 0 radical (unpaired) electrons. The summed E-state index contributed by atoms with van der Waals surface area (Å²) in [6.07, 6.45) is 2.22. The highest BCUT2D eigenvalue weighted by Crippen LogP contribution is 2.41. The van der Waals surface area contributed by atoms with E-state index >= 15 is 0 Å². The fourth-order valence-corrected chi connectivity index (χ4v) is 5.77. The van der Waals surface area contributed by atoms with Crippen LogP contribution in [0.4, 0.5) is 5.69 Å². The minimum atomic E-state index is -0.664. The summed E-state index contributed by atoms with van der Waals surface area (Å²) in [7, 11) is 1.31. The Kier molecular flexibility index (Phi) is 9.64. The molecule has 0 aliphatic rings. The third-order valence-corrected chi connectivity index (χ3v) is 7.60. The van der Waals surface area contributed by atoms with Crippen LogP contribution in [0.1, 0.15) is 64.7 Å². The molecule has 3 aromatic carbocycles. The number of carbonyl (C=O) groups excluding carboxylic acids is 2. The van der Waals surface area contributed by atoms with E-state index in [-0.39, 0.29) is 17.5 Å². The van der Waals surface area contributed by atoms with Crippen LogP contribution in [-0.2, 0) is 16.8 Å². The molecule has 1 amide bonds. The number of methoxy groups -OCH3 is 1. The Bertz CT molecular complexity index is 1550. The number of rotatable bonds is 10. The van der Waals surface area contributed by atoms with Crippen molar-refractivity contribution in [3.63, 3.8) is 0 Å². The Balaban J connectivity index is 1.54. The minimum Gasteiger partial charge on any atom is -0.489 e. The molecule has 1 aromatic heterocycles. The van der Waals surface area contributed by atoms with E-state index in [1.165, 1.54) is 13.4 Å². The minimum absolute atomic E-state index is 0.135. The van der Waals surface area contributed by atoms with Crippen LogP contribution in [0.2, 0.25) is 15.1 Å². The summed E-state index contributed by atoms with van der Waals surface area (Å²) in [6, 6.07) is 17.0.